The van der Waals surface area contributed by atoms with Crippen LogP contribution in [0.3, 0.4) is 0 Å². The molecule has 1 amide bonds. The summed E-state index contributed by atoms with van der Waals surface area (Å²) in [5.41, 5.74) is 3.81. The van der Waals surface area contributed by atoms with E-state index < -0.39 is 0 Å². The van der Waals surface area contributed by atoms with Gasteiger partial charge in [0.2, 0.25) is 0 Å². The first kappa shape index (κ1) is 14.4. The van der Waals surface area contributed by atoms with E-state index in [0.717, 1.165) is 41.1 Å². The molecule has 0 aliphatic carbocycles. The van der Waals surface area contributed by atoms with Crippen LogP contribution < -0.4 is 5.32 Å². The minimum atomic E-state index is -0.0122. The molecule has 108 valence electrons. The minimum absolute atomic E-state index is 0.0122. The third-order valence-corrected chi connectivity index (χ3v) is 3.70. The third-order valence-electron chi connectivity index (χ3n) is 3.70. The first-order valence-electron chi connectivity index (χ1n) is 6.82. The molecule has 0 unspecified atom stereocenters. The molecule has 2 aromatic rings. The first-order valence-corrected chi connectivity index (χ1v) is 6.82. The van der Waals surface area contributed by atoms with Gasteiger partial charge in [0.15, 0.2) is 0 Å². The van der Waals surface area contributed by atoms with Gasteiger partial charge in [0.25, 0.3) is 5.91 Å². The normalized spacial score (nSPS) is 10.8. The zero-order valence-corrected chi connectivity index (χ0v) is 12.5. The molecule has 5 heteroatoms. The van der Waals surface area contributed by atoms with E-state index >= 15 is 0 Å². The minimum Gasteiger partial charge on any atom is -0.361 e. The lowest BCUT2D eigenvalue weighted by molar-refractivity contribution is 0.0952. The molecule has 0 spiro atoms. The number of hydrogen-bond acceptors (Lipinski definition) is 3. The highest BCUT2D eigenvalue weighted by Gasteiger charge is 2.11. The SMILES string of the molecule is Cc1noc(C)c1CCCNC(=O)c1ccn(C)c1C. The summed E-state index contributed by atoms with van der Waals surface area (Å²) in [7, 11) is 1.93. The second-order valence-electron chi connectivity index (χ2n) is 5.09. The molecule has 20 heavy (non-hydrogen) atoms. The highest BCUT2D eigenvalue weighted by molar-refractivity contribution is 5.95. The molecule has 0 aliphatic heterocycles. The summed E-state index contributed by atoms with van der Waals surface area (Å²) in [5.74, 6) is 0.856. The van der Waals surface area contributed by atoms with Crippen LogP contribution in [0.2, 0.25) is 0 Å². The number of carbonyl (C=O) groups is 1. The van der Waals surface area contributed by atoms with Crippen LogP contribution in [0, 0.1) is 20.8 Å². The zero-order valence-electron chi connectivity index (χ0n) is 12.5. The smallest absolute Gasteiger partial charge is 0.253 e. The van der Waals surface area contributed by atoms with Gasteiger partial charge < -0.3 is 14.4 Å². The number of aryl methyl sites for hydroxylation is 3. The maximum Gasteiger partial charge on any atom is 0.253 e. The van der Waals surface area contributed by atoms with E-state index in [-0.39, 0.29) is 5.91 Å². The molecule has 0 fully saturated rings. The van der Waals surface area contributed by atoms with Gasteiger partial charge in [-0.15, -0.1) is 0 Å². The van der Waals surface area contributed by atoms with E-state index in [1.807, 2.05) is 44.6 Å². The predicted molar refractivity (Wildman–Crippen MR) is 76.8 cm³/mol. The van der Waals surface area contributed by atoms with Gasteiger partial charge in [-0.05, 0) is 39.7 Å². The molecule has 0 radical (unpaired) electrons. The Balaban J connectivity index is 1.82. The maximum absolute atomic E-state index is 12.0. The van der Waals surface area contributed by atoms with Crippen molar-refractivity contribution in [3.8, 4) is 0 Å². The van der Waals surface area contributed by atoms with Crippen molar-refractivity contribution < 1.29 is 9.32 Å². The summed E-state index contributed by atoms with van der Waals surface area (Å²) in [6.07, 6.45) is 3.64. The van der Waals surface area contributed by atoms with Gasteiger partial charge in [-0.1, -0.05) is 5.16 Å². The molecule has 2 rings (SSSR count). The topological polar surface area (TPSA) is 60.1 Å². The van der Waals surface area contributed by atoms with E-state index in [0.29, 0.717) is 6.54 Å². The van der Waals surface area contributed by atoms with E-state index in [1.54, 1.807) is 0 Å². The highest BCUT2D eigenvalue weighted by atomic mass is 16.5. The lowest BCUT2D eigenvalue weighted by atomic mass is 10.1. The van der Waals surface area contributed by atoms with Crippen LogP contribution in [-0.2, 0) is 13.5 Å². The van der Waals surface area contributed by atoms with Crippen molar-refractivity contribution >= 4 is 5.91 Å². The Morgan fingerprint density at radius 3 is 2.70 bits per heavy atom. The van der Waals surface area contributed by atoms with Gasteiger partial charge in [-0.25, -0.2) is 0 Å². The predicted octanol–water partition coefficient (Wildman–Crippen LogP) is 2.30. The Morgan fingerprint density at radius 1 is 1.40 bits per heavy atom. The summed E-state index contributed by atoms with van der Waals surface area (Å²) in [5, 5.41) is 6.88. The average molecular weight is 275 g/mol. The van der Waals surface area contributed by atoms with Gasteiger partial charge in [0.05, 0.1) is 11.3 Å². The Morgan fingerprint density at radius 2 is 2.15 bits per heavy atom. The lowest BCUT2D eigenvalue weighted by Crippen LogP contribution is -2.25. The van der Waals surface area contributed by atoms with E-state index in [2.05, 4.69) is 10.5 Å². The summed E-state index contributed by atoms with van der Waals surface area (Å²) >= 11 is 0. The van der Waals surface area contributed by atoms with Crippen LogP contribution in [0.1, 0.15) is 39.5 Å². The molecule has 2 aromatic heterocycles. The molecule has 0 aromatic carbocycles. The van der Waals surface area contributed by atoms with Gasteiger partial charge in [0, 0.05) is 31.0 Å². The van der Waals surface area contributed by atoms with Crippen molar-refractivity contribution in [2.75, 3.05) is 6.54 Å². The van der Waals surface area contributed by atoms with Crippen LogP contribution >= 0.6 is 0 Å². The molecule has 2 heterocycles. The summed E-state index contributed by atoms with van der Waals surface area (Å²) in [6, 6.07) is 1.85. The molecule has 0 saturated heterocycles. The van der Waals surface area contributed by atoms with Crippen molar-refractivity contribution in [3.63, 3.8) is 0 Å². The fourth-order valence-electron chi connectivity index (χ4n) is 2.27. The van der Waals surface area contributed by atoms with Crippen LogP contribution in [0.25, 0.3) is 0 Å². The fourth-order valence-corrected chi connectivity index (χ4v) is 2.27. The molecule has 0 aliphatic rings. The summed E-state index contributed by atoms with van der Waals surface area (Å²) in [6.45, 7) is 6.45. The van der Waals surface area contributed by atoms with Gasteiger partial charge in [-0.2, -0.15) is 0 Å². The second-order valence-corrected chi connectivity index (χ2v) is 5.09. The molecule has 0 saturated carbocycles. The van der Waals surface area contributed by atoms with Crippen molar-refractivity contribution in [2.45, 2.75) is 33.6 Å². The van der Waals surface area contributed by atoms with Gasteiger partial charge in [-0.3, -0.25) is 4.79 Å². The van der Waals surface area contributed by atoms with Gasteiger partial charge >= 0.3 is 0 Å². The monoisotopic (exact) mass is 275 g/mol. The summed E-state index contributed by atoms with van der Waals surface area (Å²) in [4.78, 5) is 12.0. The number of nitrogens with zero attached hydrogens (tertiary/aromatic N) is 2. The van der Waals surface area contributed by atoms with Crippen LogP contribution in [0.5, 0.6) is 0 Å². The van der Waals surface area contributed by atoms with E-state index in [9.17, 15) is 4.79 Å². The molecular formula is C15H21N3O2. The Hall–Kier alpha value is -2.04. The van der Waals surface area contributed by atoms with E-state index in [4.69, 9.17) is 4.52 Å². The Kier molecular flexibility index (Phi) is 4.27. The van der Waals surface area contributed by atoms with Crippen LogP contribution in [0.15, 0.2) is 16.8 Å². The summed E-state index contributed by atoms with van der Waals surface area (Å²) < 4.78 is 7.06. The second kappa shape index (κ2) is 5.94. The van der Waals surface area contributed by atoms with Crippen molar-refractivity contribution in [2.24, 2.45) is 7.05 Å². The number of carbonyl (C=O) groups excluding carboxylic acids is 1. The lowest BCUT2D eigenvalue weighted by Gasteiger charge is -2.05. The van der Waals surface area contributed by atoms with Crippen LogP contribution in [-0.4, -0.2) is 22.2 Å². The zero-order chi connectivity index (χ0) is 14.7. The number of aromatic nitrogens is 2. The average Bonchev–Trinajstić information content (AvgIpc) is 2.91. The largest absolute Gasteiger partial charge is 0.361 e. The fraction of sp³-hybridized carbons (Fsp3) is 0.467. The number of hydrogen-bond donors (Lipinski definition) is 1. The number of nitrogens with one attached hydrogen (secondary N) is 1. The number of rotatable bonds is 5. The Labute approximate surface area is 119 Å². The third kappa shape index (κ3) is 2.92. The standard InChI is InChI=1S/C15H21N3O2/c1-10-13(12(3)20-17-10)6-5-8-16-15(19)14-7-9-18(4)11(14)2/h7,9H,5-6,8H2,1-4H3,(H,16,19). The van der Waals surface area contributed by atoms with E-state index in [1.165, 1.54) is 0 Å². The van der Waals surface area contributed by atoms with Crippen molar-refractivity contribution in [3.05, 3.63) is 40.5 Å². The number of amides is 1. The van der Waals surface area contributed by atoms with Gasteiger partial charge in [0.1, 0.15) is 5.76 Å². The Bertz CT molecular complexity index is 591. The molecule has 0 atom stereocenters. The molecular weight excluding hydrogens is 254 g/mol. The molecule has 5 nitrogen and oxygen atoms in total. The maximum atomic E-state index is 12.0. The first-order chi connectivity index (χ1) is 9.50. The van der Waals surface area contributed by atoms with Crippen molar-refractivity contribution in [1.29, 1.82) is 0 Å². The van der Waals surface area contributed by atoms with Crippen LogP contribution in [0.4, 0.5) is 0 Å². The highest BCUT2D eigenvalue weighted by Crippen LogP contribution is 2.14. The quantitative estimate of drug-likeness (QED) is 0.852. The van der Waals surface area contributed by atoms with Crippen molar-refractivity contribution in [1.82, 2.24) is 15.0 Å². The molecule has 1 N–H and O–H groups in total. The molecule has 0 bridgehead atoms.